The summed E-state index contributed by atoms with van der Waals surface area (Å²) in [5.41, 5.74) is 1.03. The number of hydrogen-bond donors (Lipinski definition) is 3. The zero-order valence-electron chi connectivity index (χ0n) is 15.7. The molecule has 1 aromatic carbocycles. The molecule has 1 aromatic rings. The highest BCUT2D eigenvalue weighted by molar-refractivity contribution is 7.80. The van der Waals surface area contributed by atoms with E-state index in [0.29, 0.717) is 24.3 Å². The molecule has 1 rings (SSSR count). The standard InChI is InChI=1S/C18H24Cl3N3O3S/c1-3-5-6-7-14(25)23-16(18(19,20)21)24-17(28)22-13-10-8-12(9-11-13)15(26)27-4-2/h8-11,16H,3-7H2,1-2H3,(H,23,25)(H2,22,24,28). The molecule has 0 aromatic heterocycles. The molecule has 1 unspecified atom stereocenters. The van der Waals surface area contributed by atoms with Gasteiger partial charge in [0.1, 0.15) is 6.17 Å². The summed E-state index contributed by atoms with van der Waals surface area (Å²) < 4.78 is 3.12. The third-order valence-electron chi connectivity index (χ3n) is 3.57. The van der Waals surface area contributed by atoms with Gasteiger partial charge in [0.2, 0.25) is 9.70 Å². The van der Waals surface area contributed by atoms with Crippen molar-refractivity contribution in [1.29, 1.82) is 0 Å². The second-order valence-electron chi connectivity index (χ2n) is 5.90. The van der Waals surface area contributed by atoms with Crippen LogP contribution in [0.15, 0.2) is 24.3 Å². The van der Waals surface area contributed by atoms with Crippen LogP contribution in [0.3, 0.4) is 0 Å². The van der Waals surface area contributed by atoms with Crippen molar-refractivity contribution in [3.63, 3.8) is 0 Å². The van der Waals surface area contributed by atoms with E-state index in [4.69, 9.17) is 51.8 Å². The zero-order valence-corrected chi connectivity index (χ0v) is 18.8. The van der Waals surface area contributed by atoms with Gasteiger partial charge in [-0.05, 0) is 49.8 Å². The fraction of sp³-hybridized carbons (Fsp3) is 0.500. The van der Waals surface area contributed by atoms with Gasteiger partial charge in [-0.2, -0.15) is 0 Å². The highest BCUT2D eigenvalue weighted by Gasteiger charge is 2.34. The summed E-state index contributed by atoms with van der Waals surface area (Å²) in [6.07, 6.45) is 2.03. The molecule has 0 aliphatic heterocycles. The first kappa shape index (κ1) is 24.8. The molecule has 28 heavy (non-hydrogen) atoms. The van der Waals surface area contributed by atoms with Crippen LogP contribution < -0.4 is 16.0 Å². The molecule has 0 radical (unpaired) electrons. The maximum Gasteiger partial charge on any atom is 0.338 e. The Morgan fingerprint density at radius 3 is 2.29 bits per heavy atom. The molecular weight excluding hydrogens is 445 g/mol. The van der Waals surface area contributed by atoms with Crippen LogP contribution in [-0.2, 0) is 9.53 Å². The number of nitrogens with one attached hydrogen (secondary N) is 3. The van der Waals surface area contributed by atoms with Crippen LogP contribution in [0.5, 0.6) is 0 Å². The fourth-order valence-corrected chi connectivity index (χ4v) is 2.73. The van der Waals surface area contributed by atoms with E-state index in [0.717, 1.165) is 19.3 Å². The first-order valence-corrected chi connectivity index (χ1v) is 10.4. The number of amides is 1. The SMILES string of the molecule is CCCCCC(=O)NC(NC(=S)Nc1ccc(C(=O)OCC)cc1)C(Cl)(Cl)Cl. The summed E-state index contributed by atoms with van der Waals surface area (Å²) in [5.74, 6) is -0.643. The van der Waals surface area contributed by atoms with Crippen molar-refractivity contribution in [1.82, 2.24) is 10.6 Å². The van der Waals surface area contributed by atoms with Gasteiger partial charge in [-0.1, -0.05) is 54.6 Å². The predicted molar refractivity (Wildman–Crippen MR) is 118 cm³/mol. The lowest BCUT2D eigenvalue weighted by atomic mass is 10.2. The van der Waals surface area contributed by atoms with E-state index < -0.39 is 15.9 Å². The molecule has 156 valence electrons. The molecule has 0 saturated carbocycles. The van der Waals surface area contributed by atoms with Crippen LogP contribution in [0, 0.1) is 0 Å². The number of anilines is 1. The van der Waals surface area contributed by atoms with E-state index in [2.05, 4.69) is 16.0 Å². The summed E-state index contributed by atoms with van der Waals surface area (Å²) in [5, 5.41) is 8.48. The Labute approximate surface area is 185 Å². The average molecular weight is 469 g/mol. The van der Waals surface area contributed by atoms with Crippen molar-refractivity contribution in [3.8, 4) is 0 Å². The maximum absolute atomic E-state index is 12.0. The molecule has 0 saturated heterocycles. The molecule has 1 amide bonds. The highest BCUT2D eigenvalue weighted by Crippen LogP contribution is 2.29. The van der Waals surface area contributed by atoms with E-state index in [9.17, 15) is 9.59 Å². The minimum Gasteiger partial charge on any atom is -0.462 e. The molecule has 0 fully saturated rings. The van der Waals surface area contributed by atoms with Crippen molar-refractivity contribution in [2.24, 2.45) is 0 Å². The number of carbonyl (C=O) groups excluding carboxylic acids is 2. The minimum atomic E-state index is -1.81. The molecule has 3 N–H and O–H groups in total. The van der Waals surface area contributed by atoms with Crippen LogP contribution >= 0.6 is 47.0 Å². The van der Waals surface area contributed by atoms with Gasteiger partial charge in [-0.15, -0.1) is 0 Å². The van der Waals surface area contributed by atoms with Crippen molar-refractivity contribution in [3.05, 3.63) is 29.8 Å². The Kier molecular flexibility index (Phi) is 10.9. The number of thiocarbonyl (C=S) groups is 1. The minimum absolute atomic E-state index is 0.147. The molecule has 0 bridgehead atoms. The summed E-state index contributed by atoms with van der Waals surface area (Å²) in [4.78, 5) is 23.7. The lowest BCUT2D eigenvalue weighted by molar-refractivity contribution is -0.122. The topological polar surface area (TPSA) is 79.5 Å². The number of ether oxygens (including phenoxy) is 1. The van der Waals surface area contributed by atoms with Crippen molar-refractivity contribution < 1.29 is 14.3 Å². The van der Waals surface area contributed by atoms with E-state index in [1.54, 1.807) is 31.2 Å². The van der Waals surface area contributed by atoms with Crippen LogP contribution in [0.1, 0.15) is 49.9 Å². The van der Waals surface area contributed by atoms with E-state index >= 15 is 0 Å². The van der Waals surface area contributed by atoms with E-state index in [1.807, 2.05) is 6.92 Å². The van der Waals surface area contributed by atoms with Gasteiger partial charge < -0.3 is 20.7 Å². The monoisotopic (exact) mass is 467 g/mol. The Morgan fingerprint density at radius 1 is 1.11 bits per heavy atom. The molecular formula is C18H24Cl3N3O3S. The van der Waals surface area contributed by atoms with Gasteiger partial charge in [0, 0.05) is 12.1 Å². The zero-order chi connectivity index (χ0) is 21.2. The van der Waals surface area contributed by atoms with Crippen LogP contribution in [0.25, 0.3) is 0 Å². The highest BCUT2D eigenvalue weighted by atomic mass is 35.6. The van der Waals surface area contributed by atoms with Gasteiger partial charge >= 0.3 is 5.97 Å². The number of carbonyl (C=O) groups is 2. The number of esters is 1. The van der Waals surface area contributed by atoms with Crippen molar-refractivity contribution >= 4 is 69.7 Å². The molecule has 6 nitrogen and oxygen atoms in total. The third kappa shape index (κ3) is 9.28. The lowest BCUT2D eigenvalue weighted by Crippen LogP contribution is -2.56. The molecule has 1 atom stereocenters. The summed E-state index contributed by atoms with van der Waals surface area (Å²) in [6.45, 7) is 4.09. The summed E-state index contributed by atoms with van der Waals surface area (Å²) in [7, 11) is 0. The first-order chi connectivity index (χ1) is 13.2. The van der Waals surface area contributed by atoms with E-state index in [1.165, 1.54) is 0 Å². The number of unbranched alkanes of at least 4 members (excludes halogenated alkanes) is 2. The Hall–Kier alpha value is -1.28. The molecule has 0 aliphatic carbocycles. The van der Waals surface area contributed by atoms with Crippen LogP contribution in [-0.4, -0.2) is 33.6 Å². The number of halogens is 3. The molecule has 10 heteroatoms. The normalized spacial score (nSPS) is 12.0. The van der Waals surface area contributed by atoms with Crippen molar-refractivity contribution in [2.75, 3.05) is 11.9 Å². The van der Waals surface area contributed by atoms with Gasteiger partial charge in [0.05, 0.1) is 12.2 Å². The molecule has 0 heterocycles. The van der Waals surface area contributed by atoms with Gasteiger partial charge in [-0.3, -0.25) is 4.79 Å². The number of hydrogen-bond acceptors (Lipinski definition) is 4. The molecule has 0 spiro atoms. The van der Waals surface area contributed by atoms with Gasteiger partial charge in [0.15, 0.2) is 5.11 Å². The second kappa shape index (κ2) is 12.3. The fourth-order valence-electron chi connectivity index (χ4n) is 2.17. The summed E-state index contributed by atoms with van der Waals surface area (Å²) >= 11 is 23.1. The average Bonchev–Trinajstić information content (AvgIpc) is 2.61. The first-order valence-electron chi connectivity index (χ1n) is 8.88. The quantitative estimate of drug-likeness (QED) is 0.162. The smallest absolute Gasteiger partial charge is 0.338 e. The lowest BCUT2D eigenvalue weighted by Gasteiger charge is -2.27. The largest absolute Gasteiger partial charge is 0.462 e. The van der Waals surface area contributed by atoms with Gasteiger partial charge in [0.25, 0.3) is 0 Å². The molecule has 0 aliphatic rings. The Balaban J connectivity index is 2.65. The van der Waals surface area contributed by atoms with Crippen molar-refractivity contribution in [2.45, 2.75) is 49.5 Å². The Bertz CT molecular complexity index is 666. The van der Waals surface area contributed by atoms with Gasteiger partial charge in [-0.25, -0.2) is 4.79 Å². The van der Waals surface area contributed by atoms with E-state index in [-0.39, 0.29) is 11.0 Å². The predicted octanol–water partition coefficient (Wildman–Crippen LogP) is 4.54. The summed E-state index contributed by atoms with van der Waals surface area (Å²) in [6, 6.07) is 6.53. The maximum atomic E-state index is 12.0. The second-order valence-corrected chi connectivity index (χ2v) is 8.67. The Morgan fingerprint density at radius 2 is 1.75 bits per heavy atom. The number of alkyl halides is 3. The van der Waals surface area contributed by atoms with Crippen LogP contribution in [0.2, 0.25) is 0 Å². The number of rotatable bonds is 9. The third-order valence-corrected chi connectivity index (χ3v) is 4.44. The van der Waals surface area contributed by atoms with Crippen LogP contribution in [0.4, 0.5) is 5.69 Å². The number of benzene rings is 1.